The first-order valence-corrected chi connectivity index (χ1v) is 5.38. The molecule has 14 heavy (non-hydrogen) atoms. The van der Waals surface area contributed by atoms with Gasteiger partial charge in [-0.25, -0.2) is 0 Å². The highest BCUT2D eigenvalue weighted by Gasteiger charge is 2.25. The maximum atomic E-state index is 11.6. The van der Waals surface area contributed by atoms with Crippen molar-refractivity contribution < 1.29 is 9.53 Å². The summed E-state index contributed by atoms with van der Waals surface area (Å²) in [6, 6.07) is 0. The van der Waals surface area contributed by atoms with Crippen molar-refractivity contribution in [1.29, 1.82) is 0 Å². The van der Waals surface area contributed by atoms with Crippen LogP contribution in [0.1, 0.15) is 46.5 Å². The predicted molar refractivity (Wildman–Crippen MR) is 56.9 cm³/mol. The molecule has 2 heteroatoms. The minimum Gasteiger partial charge on any atom is -0.458 e. The number of hydrogen-bond donors (Lipinski definition) is 0. The topological polar surface area (TPSA) is 26.3 Å². The molecule has 0 fully saturated rings. The monoisotopic (exact) mass is 196 g/mol. The maximum Gasteiger partial charge on any atom is 0.311 e. The van der Waals surface area contributed by atoms with E-state index in [0.717, 1.165) is 19.3 Å². The molecular weight excluding hydrogens is 176 g/mol. The highest BCUT2D eigenvalue weighted by Crippen LogP contribution is 2.20. The lowest BCUT2D eigenvalue weighted by Crippen LogP contribution is -2.27. The van der Waals surface area contributed by atoms with Gasteiger partial charge in [0.25, 0.3) is 0 Å². The van der Waals surface area contributed by atoms with Crippen LogP contribution in [-0.4, -0.2) is 12.1 Å². The normalized spacial score (nSPS) is 22.9. The van der Waals surface area contributed by atoms with Gasteiger partial charge >= 0.3 is 5.97 Å². The Morgan fingerprint density at radius 1 is 1.36 bits per heavy atom. The van der Waals surface area contributed by atoms with Crippen molar-refractivity contribution in [2.45, 2.75) is 52.6 Å². The van der Waals surface area contributed by atoms with Gasteiger partial charge < -0.3 is 4.74 Å². The van der Waals surface area contributed by atoms with Gasteiger partial charge in [0, 0.05) is 0 Å². The first kappa shape index (κ1) is 11.3. The zero-order chi connectivity index (χ0) is 10.6. The fourth-order valence-electron chi connectivity index (χ4n) is 1.36. The fourth-order valence-corrected chi connectivity index (χ4v) is 1.36. The fraction of sp³-hybridized carbons (Fsp3) is 0.750. The lowest BCUT2D eigenvalue weighted by molar-refractivity contribution is -0.156. The van der Waals surface area contributed by atoms with Crippen molar-refractivity contribution in [3.05, 3.63) is 12.2 Å². The molecule has 0 aromatic heterocycles. The quantitative estimate of drug-likeness (QED) is 0.476. The largest absolute Gasteiger partial charge is 0.458 e. The molecule has 2 nitrogen and oxygen atoms in total. The van der Waals surface area contributed by atoms with E-state index in [2.05, 4.69) is 6.08 Å². The Hall–Kier alpha value is -0.790. The van der Waals surface area contributed by atoms with Gasteiger partial charge in [-0.15, -0.1) is 0 Å². The maximum absolute atomic E-state index is 11.6. The number of ether oxygens (including phenoxy) is 1. The van der Waals surface area contributed by atoms with E-state index < -0.39 is 0 Å². The van der Waals surface area contributed by atoms with Crippen LogP contribution in [0.5, 0.6) is 0 Å². The summed E-state index contributed by atoms with van der Waals surface area (Å²) in [4.78, 5) is 11.6. The van der Waals surface area contributed by atoms with Gasteiger partial charge in [-0.05, 0) is 52.5 Å². The van der Waals surface area contributed by atoms with Crippen LogP contribution < -0.4 is 0 Å². The summed E-state index contributed by atoms with van der Waals surface area (Å²) < 4.78 is 5.41. The minimum absolute atomic E-state index is 0.00391. The lowest BCUT2D eigenvalue weighted by Gasteiger charge is -2.20. The Kier molecular flexibility index (Phi) is 3.73. The number of carbonyl (C=O) groups is 1. The molecule has 1 aliphatic rings. The average Bonchev–Trinajstić information content (AvgIpc) is 2.31. The number of rotatable bonds is 1. The van der Waals surface area contributed by atoms with Crippen molar-refractivity contribution in [2.24, 2.45) is 5.41 Å². The van der Waals surface area contributed by atoms with Crippen LogP contribution >= 0.6 is 0 Å². The molecule has 0 spiro atoms. The molecule has 0 bridgehead atoms. The second-order valence-corrected chi connectivity index (χ2v) is 4.91. The van der Waals surface area contributed by atoms with Crippen LogP contribution in [0.4, 0.5) is 0 Å². The van der Waals surface area contributed by atoms with E-state index in [1.807, 2.05) is 26.8 Å². The molecule has 0 aromatic rings. The van der Waals surface area contributed by atoms with Crippen molar-refractivity contribution in [3.8, 4) is 0 Å². The summed E-state index contributed by atoms with van der Waals surface area (Å²) in [6.07, 6.45) is 8.59. The third-order valence-electron chi connectivity index (χ3n) is 2.33. The standard InChI is InChI=1S/C12H20O2/c1-12(2,3)11(13)14-10-8-6-4-5-7-9-10/h6,8,10H,4-5,7,9H2,1-3H3. The van der Waals surface area contributed by atoms with Gasteiger partial charge in [-0.2, -0.15) is 0 Å². The van der Waals surface area contributed by atoms with Gasteiger partial charge in [0.05, 0.1) is 5.41 Å². The van der Waals surface area contributed by atoms with Gasteiger partial charge in [-0.1, -0.05) is 6.08 Å². The molecule has 0 heterocycles. The third-order valence-corrected chi connectivity index (χ3v) is 2.33. The Morgan fingerprint density at radius 2 is 2.07 bits per heavy atom. The molecule has 0 saturated carbocycles. The van der Waals surface area contributed by atoms with Gasteiger partial charge in [0.2, 0.25) is 0 Å². The molecule has 0 aliphatic heterocycles. The van der Waals surface area contributed by atoms with Gasteiger partial charge in [0.15, 0.2) is 0 Å². The summed E-state index contributed by atoms with van der Waals surface area (Å²) >= 11 is 0. The minimum atomic E-state index is -0.389. The highest BCUT2D eigenvalue weighted by molar-refractivity contribution is 5.75. The second kappa shape index (κ2) is 4.63. The molecule has 0 N–H and O–H groups in total. The smallest absolute Gasteiger partial charge is 0.311 e. The average molecular weight is 196 g/mol. The first-order valence-electron chi connectivity index (χ1n) is 5.38. The number of allylic oxidation sites excluding steroid dienone is 1. The zero-order valence-electron chi connectivity index (χ0n) is 9.38. The van der Waals surface area contributed by atoms with Crippen molar-refractivity contribution in [2.75, 3.05) is 0 Å². The number of esters is 1. The van der Waals surface area contributed by atoms with Crippen LogP contribution in [0.25, 0.3) is 0 Å². The van der Waals surface area contributed by atoms with Gasteiger partial charge in [0.1, 0.15) is 6.10 Å². The van der Waals surface area contributed by atoms with Crippen LogP contribution in [0.2, 0.25) is 0 Å². The van der Waals surface area contributed by atoms with Crippen molar-refractivity contribution in [3.63, 3.8) is 0 Å². The molecule has 1 aliphatic carbocycles. The Bertz CT molecular complexity index is 223. The van der Waals surface area contributed by atoms with Crippen LogP contribution in [0, 0.1) is 5.41 Å². The summed E-state index contributed by atoms with van der Waals surface area (Å²) in [6.45, 7) is 5.65. The summed E-state index contributed by atoms with van der Waals surface area (Å²) in [5.74, 6) is -0.103. The molecule has 0 radical (unpaired) electrons. The SMILES string of the molecule is CC(C)(C)C(=O)OC1C=CCCCC1. The highest BCUT2D eigenvalue weighted by atomic mass is 16.5. The predicted octanol–water partition coefficient (Wildman–Crippen LogP) is 3.07. The van der Waals surface area contributed by atoms with Crippen LogP contribution in [0.3, 0.4) is 0 Å². The molecule has 0 saturated heterocycles. The molecular formula is C12H20O2. The van der Waals surface area contributed by atoms with E-state index in [1.165, 1.54) is 6.42 Å². The number of hydrogen-bond acceptors (Lipinski definition) is 2. The summed E-state index contributed by atoms with van der Waals surface area (Å²) in [7, 11) is 0. The summed E-state index contributed by atoms with van der Waals surface area (Å²) in [5, 5.41) is 0. The van der Waals surface area contributed by atoms with Crippen LogP contribution in [0.15, 0.2) is 12.2 Å². The van der Waals surface area contributed by atoms with Crippen molar-refractivity contribution >= 4 is 5.97 Å². The van der Waals surface area contributed by atoms with E-state index >= 15 is 0 Å². The van der Waals surface area contributed by atoms with E-state index in [1.54, 1.807) is 0 Å². The van der Waals surface area contributed by atoms with Crippen molar-refractivity contribution in [1.82, 2.24) is 0 Å². The molecule has 1 atom stereocenters. The van der Waals surface area contributed by atoms with Gasteiger partial charge in [-0.3, -0.25) is 4.79 Å². The van der Waals surface area contributed by atoms with E-state index in [-0.39, 0.29) is 17.5 Å². The number of carbonyl (C=O) groups excluding carboxylic acids is 1. The van der Waals surface area contributed by atoms with E-state index in [4.69, 9.17) is 4.74 Å². The zero-order valence-corrected chi connectivity index (χ0v) is 9.38. The molecule has 80 valence electrons. The van der Waals surface area contributed by atoms with E-state index in [0.29, 0.717) is 0 Å². The lowest BCUT2D eigenvalue weighted by atomic mass is 9.97. The van der Waals surface area contributed by atoms with Crippen LogP contribution in [-0.2, 0) is 9.53 Å². The molecule has 0 amide bonds. The Morgan fingerprint density at radius 3 is 2.71 bits per heavy atom. The Labute approximate surface area is 86.3 Å². The first-order chi connectivity index (χ1) is 6.50. The molecule has 0 aromatic carbocycles. The second-order valence-electron chi connectivity index (χ2n) is 4.91. The molecule has 1 unspecified atom stereocenters. The molecule has 1 rings (SSSR count). The third kappa shape index (κ3) is 3.52. The Balaban J connectivity index is 2.46. The van der Waals surface area contributed by atoms with E-state index in [9.17, 15) is 4.79 Å². The summed E-state index contributed by atoms with van der Waals surface area (Å²) in [5.41, 5.74) is -0.389.